The van der Waals surface area contributed by atoms with Crippen molar-refractivity contribution in [2.24, 2.45) is 0 Å². The van der Waals surface area contributed by atoms with E-state index in [-0.39, 0.29) is 13.1 Å². The van der Waals surface area contributed by atoms with Crippen molar-refractivity contribution in [3.63, 3.8) is 0 Å². The Morgan fingerprint density at radius 3 is 2.28 bits per heavy atom. The second-order valence-electron chi connectivity index (χ2n) is 5.50. The van der Waals surface area contributed by atoms with Gasteiger partial charge in [-0.15, -0.1) is 0 Å². The van der Waals surface area contributed by atoms with Crippen LogP contribution in [0.5, 0.6) is 5.75 Å². The molecular formula is C19H22N2O4. The predicted molar refractivity (Wildman–Crippen MR) is 93.9 cm³/mol. The fraction of sp³-hybridized carbons (Fsp3) is 0.263. The van der Waals surface area contributed by atoms with Crippen LogP contribution in [-0.2, 0) is 16.1 Å². The van der Waals surface area contributed by atoms with Crippen LogP contribution in [0.25, 0.3) is 0 Å². The second kappa shape index (κ2) is 9.44. The number of nitrogens with one attached hydrogen (secondary N) is 2. The largest absolute Gasteiger partial charge is 0.497 e. The number of carbonyl (C=O) groups is 2. The van der Waals surface area contributed by atoms with Gasteiger partial charge in [0.05, 0.1) is 13.2 Å². The number of rotatable bonds is 7. The lowest BCUT2D eigenvalue weighted by Gasteiger charge is -2.11. The second-order valence-corrected chi connectivity index (χ2v) is 5.50. The summed E-state index contributed by atoms with van der Waals surface area (Å²) in [6.45, 7) is 0.466. The van der Waals surface area contributed by atoms with Crippen molar-refractivity contribution >= 4 is 11.8 Å². The standard InChI is InChI=1S/C19H22N2O4/c1-25-16-9-7-14(8-10-16)13-21-19(24)18(23)20-12-11-17(22)15-5-3-2-4-6-15/h2-10,17,22H,11-13H2,1H3,(H,20,23)(H,21,24). The van der Waals surface area contributed by atoms with Crippen molar-refractivity contribution in [2.75, 3.05) is 13.7 Å². The van der Waals surface area contributed by atoms with Crippen LogP contribution in [0.4, 0.5) is 0 Å². The minimum Gasteiger partial charge on any atom is -0.497 e. The van der Waals surface area contributed by atoms with Crippen LogP contribution in [0, 0.1) is 0 Å². The van der Waals surface area contributed by atoms with Crippen LogP contribution < -0.4 is 15.4 Å². The maximum absolute atomic E-state index is 11.8. The number of carbonyl (C=O) groups excluding carboxylic acids is 2. The summed E-state index contributed by atoms with van der Waals surface area (Å²) in [5, 5.41) is 15.1. The monoisotopic (exact) mass is 342 g/mol. The average molecular weight is 342 g/mol. The number of hydrogen-bond acceptors (Lipinski definition) is 4. The summed E-state index contributed by atoms with van der Waals surface area (Å²) in [4.78, 5) is 23.5. The smallest absolute Gasteiger partial charge is 0.309 e. The lowest BCUT2D eigenvalue weighted by Crippen LogP contribution is -2.40. The number of ether oxygens (including phenoxy) is 1. The van der Waals surface area contributed by atoms with Gasteiger partial charge in [0.2, 0.25) is 0 Å². The van der Waals surface area contributed by atoms with E-state index in [0.717, 1.165) is 16.9 Å². The van der Waals surface area contributed by atoms with Gasteiger partial charge in [-0.1, -0.05) is 42.5 Å². The molecule has 6 heteroatoms. The zero-order chi connectivity index (χ0) is 18.1. The number of hydrogen-bond donors (Lipinski definition) is 3. The van der Waals surface area contributed by atoms with Crippen molar-refractivity contribution in [2.45, 2.75) is 19.1 Å². The van der Waals surface area contributed by atoms with Gasteiger partial charge in [0.25, 0.3) is 0 Å². The van der Waals surface area contributed by atoms with Gasteiger partial charge in [-0.3, -0.25) is 9.59 Å². The van der Waals surface area contributed by atoms with E-state index in [4.69, 9.17) is 4.74 Å². The minimum absolute atomic E-state index is 0.213. The van der Waals surface area contributed by atoms with Crippen LogP contribution in [-0.4, -0.2) is 30.6 Å². The molecule has 0 bridgehead atoms. The molecule has 0 saturated heterocycles. The van der Waals surface area contributed by atoms with E-state index >= 15 is 0 Å². The first kappa shape index (κ1) is 18.5. The number of aliphatic hydroxyl groups excluding tert-OH is 1. The van der Waals surface area contributed by atoms with Gasteiger partial charge < -0.3 is 20.5 Å². The summed E-state index contributed by atoms with van der Waals surface area (Å²) in [7, 11) is 1.58. The van der Waals surface area contributed by atoms with Gasteiger partial charge >= 0.3 is 11.8 Å². The van der Waals surface area contributed by atoms with E-state index in [1.165, 1.54) is 0 Å². The highest BCUT2D eigenvalue weighted by Gasteiger charge is 2.14. The molecule has 2 aromatic rings. The summed E-state index contributed by atoms with van der Waals surface area (Å²) < 4.78 is 5.06. The average Bonchev–Trinajstić information content (AvgIpc) is 2.66. The maximum atomic E-state index is 11.8. The van der Waals surface area contributed by atoms with Crippen molar-refractivity contribution < 1.29 is 19.4 Å². The Morgan fingerprint density at radius 2 is 1.64 bits per heavy atom. The Morgan fingerprint density at radius 1 is 1.00 bits per heavy atom. The molecule has 1 unspecified atom stereocenters. The van der Waals surface area contributed by atoms with Gasteiger partial charge in [-0.2, -0.15) is 0 Å². The summed E-state index contributed by atoms with van der Waals surface area (Å²) >= 11 is 0. The van der Waals surface area contributed by atoms with E-state index in [0.29, 0.717) is 6.42 Å². The molecule has 0 heterocycles. The maximum Gasteiger partial charge on any atom is 0.309 e. The lowest BCUT2D eigenvalue weighted by atomic mass is 10.1. The molecule has 0 aliphatic heterocycles. The van der Waals surface area contributed by atoms with Crippen molar-refractivity contribution in [3.05, 3.63) is 65.7 Å². The Hall–Kier alpha value is -2.86. The molecule has 0 aliphatic carbocycles. The third kappa shape index (κ3) is 5.93. The summed E-state index contributed by atoms with van der Waals surface area (Å²) in [5.74, 6) is -0.691. The first-order chi connectivity index (χ1) is 12.1. The molecule has 0 radical (unpaired) electrons. The number of amides is 2. The first-order valence-corrected chi connectivity index (χ1v) is 8.02. The Kier molecular flexibility index (Phi) is 6.98. The van der Waals surface area contributed by atoms with Crippen molar-refractivity contribution in [3.8, 4) is 5.75 Å². The van der Waals surface area contributed by atoms with Gasteiger partial charge in [0.1, 0.15) is 5.75 Å². The van der Waals surface area contributed by atoms with E-state index < -0.39 is 17.9 Å². The molecular weight excluding hydrogens is 320 g/mol. The Bertz CT molecular complexity index is 686. The molecule has 2 amide bonds. The predicted octanol–water partition coefficient (Wildman–Crippen LogP) is 1.55. The van der Waals surface area contributed by atoms with Gasteiger partial charge in [0.15, 0.2) is 0 Å². The SMILES string of the molecule is COc1ccc(CNC(=O)C(=O)NCCC(O)c2ccccc2)cc1. The van der Waals surface area contributed by atoms with E-state index in [2.05, 4.69) is 10.6 Å². The zero-order valence-electron chi connectivity index (χ0n) is 14.1. The highest BCUT2D eigenvalue weighted by molar-refractivity contribution is 6.35. The molecule has 0 spiro atoms. The van der Waals surface area contributed by atoms with E-state index in [9.17, 15) is 14.7 Å². The summed E-state index contributed by atoms with van der Waals surface area (Å²) in [6, 6.07) is 16.4. The molecule has 0 aliphatic rings. The number of methoxy groups -OCH3 is 1. The molecule has 132 valence electrons. The van der Waals surface area contributed by atoms with Gasteiger partial charge in [0, 0.05) is 13.1 Å². The normalized spacial score (nSPS) is 11.4. The van der Waals surface area contributed by atoms with Crippen LogP contribution in [0.15, 0.2) is 54.6 Å². The third-order valence-corrected chi connectivity index (χ3v) is 3.71. The highest BCUT2D eigenvalue weighted by Crippen LogP contribution is 2.14. The van der Waals surface area contributed by atoms with E-state index in [1.807, 2.05) is 42.5 Å². The van der Waals surface area contributed by atoms with Crippen LogP contribution in [0.3, 0.4) is 0 Å². The minimum atomic E-state index is -0.714. The summed E-state index contributed by atoms with van der Waals surface area (Å²) in [6.07, 6.45) is -0.342. The molecule has 2 aromatic carbocycles. The topological polar surface area (TPSA) is 87.7 Å². The first-order valence-electron chi connectivity index (χ1n) is 8.02. The van der Waals surface area contributed by atoms with Crippen LogP contribution in [0.2, 0.25) is 0 Å². The lowest BCUT2D eigenvalue weighted by molar-refractivity contribution is -0.139. The molecule has 1 atom stereocenters. The van der Waals surface area contributed by atoms with Crippen molar-refractivity contribution in [1.82, 2.24) is 10.6 Å². The van der Waals surface area contributed by atoms with Crippen molar-refractivity contribution in [1.29, 1.82) is 0 Å². The number of benzene rings is 2. The molecule has 6 nitrogen and oxygen atoms in total. The Labute approximate surface area is 146 Å². The molecule has 25 heavy (non-hydrogen) atoms. The van der Waals surface area contributed by atoms with Gasteiger partial charge in [-0.25, -0.2) is 0 Å². The van der Waals surface area contributed by atoms with Crippen LogP contribution in [0.1, 0.15) is 23.7 Å². The molecule has 3 N–H and O–H groups in total. The fourth-order valence-electron chi connectivity index (χ4n) is 2.25. The van der Waals surface area contributed by atoms with Crippen LogP contribution >= 0.6 is 0 Å². The summed E-state index contributed by atoms with van der Waals surface area (Å²) in [5.41, 5.74) is 1.64. The van der Waals surface area contributed by atoms with E-state index in [1.54, 1.807) is 19.2 Å². The highest BCUT2D eigenvalue weighted by atomic mass is 16.5. The zero-order valence-corrected chi connectivity index (χ0v) is 14.1. The molecule has 0 saturated carbocycles. The fourth-order valence-corrected chi connectivity index (χ4v) is 2.25. The molecule has 0 fully saturated rings. The number of aliphatic hydroxyl groups is 1. The quantitative estimate of drug-likeness (QED) is 0.666. The molecule has 2 rings (SSSR count). The Balaban J connectivity index is 1.70. The molecule has 0 aromatic heterocycles. The van der Waals surface area contributed by atoms with Gasteiger partial charge in [-0.05, 0) is 29.7 Å². The third-order valence-electron chi connectivity index (χ3n) is 3.71.